The molecule has 1 nitrogen and oxygen atoms in total. The molecule has 62 valence electrons. The summed E-state index contributed by atoms with van der Waals surface area (Å²) in [6.45, 7) is 7.59. The van der Waals surface area contributed by atoms with E-state index < -0.39 is 0 Å². The van der Waals surface area contributed by atoms with E-state index in [0.29, 0.717) is 0 Å². The van der Waals surface area contributed by atoms with Crippen LogP contribution in [0, 0.1) is 5.92 Å². The molecule has 0 aromatic rings. The number of hydrogen-bond acceptors (Lipinski definition) is 2. The van der Waals surface area contributed by atoms with Crippen LogP contribution < -0.4 is 0 Å². The molecule has 0 aromatic carbocycles. The first kappa shape index (κ1) is 10.3. The fourth-order valence-electron chi connectivity index (χ4n) is 1.05. The second kappa shape index (κ2) is 6.05. The highest BCUT2D eigenvalue weighted by Gasteiger charge is 2.11. The van der Waals surface area contributed by atoms with Gasteiger partial charge in [0, 0.05) is 12.4 Å². The number of hydrogen-bond donors (Lipinski definition) is 0. The topological polar surface area (TPSA) is 3.24 Å². The van der Waals surface area contributed by atoms with Crippen LogP contribution >= 0.6 is 11.8 Å². The van der Waals surface area contributed by atoms with Crippen LogP contribution in [-0.2, 0) is 0 Å². The van der Waals surface area contributed by atoms with Gasteiger partial charge in [0.05, 0.1) is 0 Å². The molecule has 1 aliphatic heterocycles. The predicted molar refractivity (Wildman–Crippen MR) is 50.5 cm³/mol. The van der Waals surface area contributed by atoms with Crippen LogP contribution in [0.2, 0.25) is 0 Å². The van der Waals surface area contributed by atoms with Crippen LogP contribution in [0.5, 0.6) is 0 Å². The summed E-state index contributed by atoms with van der Waals surface area (Å²) in [7, 11) is 2.18. The number of thioether (sulfide) groups is 1. The largest absolute Gasteiger partial charge is 0.297 e. The van der Waals surface area contributed by atoms with Gasteiger partial charge in [-0.2, -0.15) is 0 Å². The van der Waals surface area contributed by atoms with Crippen molar-refractivity contribution in [3.05, 3.63) is 0 Å². The van der Waals surface area contributed by atoms with E-state index in [1.54, 1.807) is 0 Å². The fraction of sp³-hybridized carbons (Fsp3) is 1.00. The molecule has 0 radical (unpaired) electrons. The maximum absolute atomic E-state index is 2.37. The summed E-state index contributed by atoms with van der Waals surface area (Å²) in [5.74, 6) is 3.48. The number of nitrogens with zero attached hydrogens (tertiary/aromatic N) is 1. The van der Waals surface area contributed by atoms with Crippen molar-refractivity contribution in [1.29, 1.82) is 0 Å². The quantitative estimate of drug-likeness (QED) is 0.536. The minimum Gasteiger partial charge on any atom is -0.297 e. The van der Waals surface area contributed by atoms with Crippen molar-refractivity contribution in [3.8, 4) is 0 Å². The second-order valence-electron chi connectivity index (χ2n) is 2.64. The minimum atomic E-state index is 0.902. The molecule has 2 heteroatoms. The van der Waals surface area contributed by atoms with Crippen molar-refractivity contribution in [2.24, 2.45) is 5.92 Å². The van der Waals surface area contributed by atoms with Gasteiger partial charge < -0.3 is 0 Å². The van der Waals surface area contributed by atoms with Gasteiger partial charge in [-0.25, -0.2) is 0 Å². The molecule has 0 aromatic heterocycles. The van der Waals surface area contributed by atoms with Gasteiger partial charge in [-0.1, -0.05) is 20.8 Å². The van der Waals surface area contributed by atoms with E-state index in [9.17, 15) is 0 Å². The second-order valence-corrected chi connectivity index (χ2v) is 3.64. The normalized spacial score (nSPS) is 27.0. The molecule has 1 fully saturated rings. The Hall–Kier alpha value is 0.310. The van der Waals surface area contributed by atoms with Crippen molar-refractivity contribution in [3.63, 3.8) is 0 Å². The summed E-state index contributed by atoms with van der Waals surface area (Å²) in [5, 5.41) is 0. The van der Waals surface area contributed by atoms with Gasteiger partial charge in [0.15, 0.2) is 0 Å². The van der Waals surface area contributed by atoms with Gasteiger partial charge in [-0.3, -0.25) is 4.90 Å². The summed E-state index contributed by atoms with van der Waals surface area (Å²) >= 11 is 2.04. The zero-order chi connectivity index (χ0) is 7.98. The first-order valence-electron chi connectivity index (χ1n) is 4.05. The van der Waals surface area contributed by atoms with Gasteiger partial charge >= 0.3 is 0 Å². The van der Waals surface area contributed by atoms with E-state index in [2.05, 4.69) is 18.9 Å². The Kier molecular flexibility index (Phi) is 6.24. The third-order valence-corrected chi connectivity index (χ3v) is 2.77. The molecule has 0 aliphatic carbocycles. The molecule has 1 saturated heterocycles. The Morgan fingerprint density at radius 1 is 1.40 bits per heavy atom. The third-order valence-electron chi connectivity index (χ3n) is 1.34. The van der Waals surface area contributed by atoms with Crippen LogP contribution in [0.3, 0.4) is 0 Å². The summed E-state index contributed by atoms with van der Waals surface area (Å²) in [5.41, 5.74) is 0. The molecule has 10 heavy (non-hydrogen) atoms. The van der Waals surface area contributed by atoms with E-state index in [0.717, 1.165) is 5.92 Å². The van der Waals surface area contributed by atoms with E-state index in [1.165, 1.54) is 18.2 Å². The lowest BCUT2D eigenvalue weighted by atomic mass is 10.2. The lowest BCUT2D eigenvalue weighted by Gasteiger charge is -2.26. The van der Waals surface area contributed by atoms with Crippen LogP contribution in [-0.4, -0.2) is 30.1 Å². The summed E-state index contributed by atoms with van der Waals surface area (Å²) in [6, 6.07) is 0. The maximum Gasteiger partial charge on any atom is 0.0441 e. The molecular weight excluding hydrogens is 142 g/mol. The van der Waals surface area contributed by atoms with Crippen molar-refractivity contribution in [1.82, 2.24) is 4.90 Å². The maximum atomic E-state index is 2.37. The van der Waals surface area contributed by atoms with Crippen LogP contribution in [0.4, 0.5) is 0 Å². The first-order valence-corrected chi connectivity index (χ1v) is 5.21. The zero-order valence-corrected chi connectivity index (χ0v) is 8.37. The smallest absolute Gasteiger partial charge is 0.0441 e. The molecule has 1 heterocycles. The van der Waals surface area contributed by atoms with E-state index in [-0.39, 0.29) is 0 Å². The minimum absolute atomic E-state index is 0.902. The van der Waals surface area contributed by atoms with Crippen molar-refractivity contribution >= 4 is 11.8 Å². The Balaban J connectivity index is 0.000000371. The fourth-order valence-corrected chi connectivity index (χ4v) is 2.08. The molecule has 1 aliphatic rings. The Bertz CT molecular complexity index is 67.7. The monoisotopic (exact) mass is 161 g/mol. The summed E-state index contributed by atoms with van der Waals surface area (Å²) < 4.78 is 0. The predicted octanol–water partition coefficient (Wildman–Crippen LogP) is 2.28. The molecule has 1 rings (SSSR count). The van der Waals surface area contributed by atoms with E-state index in [4.69, 9.17) is 0 Å². The molecule has 1 atom stereocenters. The lowest BCUT2D eigenvalue weighted by Crippen LogP contribution is -2.30. The third kappa shape index (κ3) is 4.18. The summed E-state index contributed by atoms with van der Waals surface area (Å²) in [6.07, 6.45) is 0. The van der Waals surface area contributed by atoms with Crippen LogP contribution in [0.1, 0.15) is 20.8 Å². The Labute approximate surface area is 69.2 Å². The van der Waals surface area contributed by atoms with E-state index in [1.807, 2.05) is 25.6 Å². The Morgan fingerprint density at radius 2 is 2.00 bits per heavy atom. The van der Waals surface area contributed by atoms with Gasteiger partial charge in [0.25, 0.3) is 0 Å². The molecule has 0 N–H and O–H groups in total. The van der Waals surface area contributed by atoms with Crippen LogP contribution in [0.15, 0.2) is 0 Å². The standard InChI is InChI=1S/C6H13NS.C2H6/c1-6-3-7(2)5-8-4-6;1-2/h6H,3-5H2,1-2H3;1-2H3. The van der Waals surface area contributed by atoms with Gasteiger partial charge in [-0.15, -0.1) is 11.8 Å². The highest BCUT2D eigenvalue weighted by atomic mass is 32.2. The average Bonchev–Trinajstić information content (AvgIpc) is 1.91. The molecule has 0 bridgehead atoms. The molecular formula is C8H19NS. The van der Waals surface area contributed by atoms with Crippen molar-refractivity contribution in [2.45, 2.75) is 20.8 Å². The Morgan fingerprint density at radius 3 is 2.30 bits per heavy atom. The molecule has 0 spiro atoms. The number of rotatable bonds is 0. The zero-order valence-electron chi connectivity index (χ0n) is 7.55. The SMILES string of the molecule is CC.CC1CSCN(C)C1. The van der Waals surface area contributed by atoms with Gasteiger partial charge in [0.2, 0.25) is 0 Å². The first-order chi connectivity index (χ1) is 4.79. The van der Waals surface area contributed by atoms with Crippen LogP contribution in [0.25, 0.3) is 0 Å². The highest BCUT2D eigenvalue weighted by Crippen LogP contribution is 2.16. The van der Waals surface area contributed by atoms with Gasteiger partial charge in [0.1, 0.15) is 0 Å². The molecule has 0 amide bonds. The van der Waals surface area contributed by atoms with Crippen molar-refractivity contribution < 1.29 is 0 Å². The highest BCUT2D eigenvalue weighted by molar-refractivity contribution is 7.99. The molecule has 1 unspecified atom stereocenters. The van der Waals surface area contributed by atoms with Crippen molar-refractivity contribution in [2.75, 3.05) is 25.2 Å². The molecule has 0 saturated carbocycles. The lowest BCUT2D eigenvalue weighted by molar-refractivity contribution is 0.331. The van der Waals surface area contributed by atoms with E-state index >= 15 is 0 Å². The van der Waals surface area contributed by atoms with Gasteiger partial charge in [-0.05, 0) is 18.7 Å². The average molecular weight is 161 g/mol. The summed E-state index contributed by atoms with van der Waals surface area (Å²) in [4.78, 5) is 2.37.